The van der Waals surface area contributed by atoms with Crippen LogP contribution in [0.15, 0.2) is 66.7 Å². The molecule has 0 amide bonds. The molecule has 0 aliphatic rings. The zero-order valence-electron chi connectivity index (χ0n) is 14.5. The fraction of sp³-hybridized carbons (Fsp3) is 0.0476. The van der Waals surface area contributed by atoms with Crippen LogP contribution in [0.5, 0.6) is 11.5 Å². The molecule has 4 aromatic rings. The van der Waals surface area contributed by atoms with Gasteiger partial charge in [0.25, 0.3) is 0 Å². The number of para-hydroxylation sites is 1. The molecular formula is C21H11Cl2F3N2O. The van der Waals surface area contributed by atoms with Gasteiger partial charge in [0.15, 0.2) is 0 Å². The van der Waals surface area contributed by atoms with Gasteiger partial charge in [0, 0.05) is 10.9 Å². The maximum absolute atomic E-state index is 12.7. The predicted molar refractivity (Wildman–Crippen MR) is 107 cm³/mol. The van der Waals surface area contributed by atoms with Crippen molar-refractivity contribution in [2.24, 2.45) is 0 Å². The third-order valence-corrected chi connectivity index (χ3v) is 4.69. The van der Waals surface area contributed by atoms with E-state index < -0.39 is 11.7 Å². The average Bonchev–Trinajstić information content (AvgIpc) is 2.67. The molecule has 0 saturated carbocycles. The molecule has 3 aromatic carbocycles. The molecule has 3 nitrogen and oxygen atoms in total. The number of fused-ring (bicyclic) bond motifs is 1. The lowest BCUT2D eigenvalue weighted by atomic mass is 10.0. The molecule has 0 unspecified atom stereocenters. The van der Waals surface area contributed by atoms with Gasteiger partial charge < -0.3 is 4.74 Å². The van der Waals surface area contributed by atoms with E-state index in [-0.39, 0.29) is 10.4 Å². The highest BCUT2D eigenvalue weighted by atomic mass is 35.5. The van der Waals surface area contributed by atoms with Crippen molar-refractivity contribution in [3.63, 3.8) is 0 Å². The normalized spacial score (nSPS) is 11.6. The number of halogens is 5. The van der Waals surface area contributed by atoms with E-state index in [0.29, 0.717) is 22.4 Å². The van der Waals surface area contributed by atoms with Gasteiger partial charge in [0.2, 0.25) is 5.28 Å². The van der Waals surface area contributed by atoms with Crippen LogP contribution >= 0.6 is 23.2 Å². The molecule has 0 N–H and O–H groups in total. The molecule has 29 heavy (non-hydrogen) atoms. The Morgan fingerprint density at radius 1 is 0.828 bits per heavy atom. The number of hydrogen-bond donors (Lipinski definition) is 0. The van der Waals surface area contributed by atoms with E-state index in [9.17, 15) is 13.2 Å². The van der Waals surface area contributed by atoms with Crippen LogP contribution < -0.4 is 4.74 Å². The predicted octanol–water partition coefficient (Wildman–Crippen LogP) is 7.41. The molecule has 0 fully saturated rings. The van der Waals surface area contributed by atoms with E-state index in [0.717, 1.165) is 23.3 Å². The summed E-state index contributed by atoms with van der Waals surface area (Å²) in [7, 11) is 0. The van der Waals surface area contributed by atoms with E-state index in [4.69, 9.17) is 27.9 Å². The van der Waals surface area contributed by atoms with Gasteiger partial charge >= 0.3 is 6.18 Å². The van der Waals surface area contributed by atoms with E-state index in [1.807, 2.05) is 18.2 Å². The van der Waals surface area contributed by atoms with Crippen molar-refractivity contribution in [3.05, 3.63) is 82.7 Å². The van der Waals surface area contributed by atoms with Gasteiger partial charge in [0.05, 0.1) is 11.1 Å². The lowest BCUT2D eigenvalue weighted by Gasteiger charge is -2.13. The van der Waals surface area contributed by atoms with Crippen LogP contribution in [-0.4, -0.2) is 9.97 Å². The number of nitrogens with zero attached hydrogens (tertiary/aromatic N) is 2. The number of hydrogen-bond acceptors (Lipinski definition) is 3. The summed E-state index contributed by atoms with van der Waals surface area (Å²) in [6, 6.07) is 17.1. The van der Waals surface area contributed by atoms with E-state index in [1.165, 1.54) is 12.1 Å². The Hall–Kier alpha value is -2.83. The van der Waals surface area contributed by atoms with Gasteiger partial charge in [0.1, 0.15) is 16.7 Å². The first-order valence-electron chi connectivity index (χ1n) is 8.38. The topological polar surface area (TPSA) is 35.0 Å². The summed E-state index contributed by atoms with van der Waals surface area (Å²) in [5, 5.41) is 0.940. The maximum atomic E-state index is 12.7. The van der Waals surface area contributed by atoms with Crippen molar-refractivity contribution in [2.75, 3.05) is 0 Å². The van der Waals surface area contributed by atoms with Crippen LogP contribution in [0.25, 0.3) is 22.0 Å². The second-order valence-corrected chi connectivity index (χ2v) is 6.83. The largest absolute Gasteiger partial charge is 0.457 e. The lowest BCUT2D eigenvalue weighted by Crippen LogP contribution is -2.04. The molecule has 1 aromatic heterocycles. The summed E-state index contributed by atoms with van der Waals surface area (Å²) < 4.78 is 44.1. The third kappa shape index (κ3) is 4.13. The van der Waals surface area contributed by atoms with Crippen LogP contribution in [0.3, 0.4) is 0 Å². The number of rotatable bonds is 3. The van der Waals surface area contributed by atoms with E-state index in [1.54, 1.807) is 24.3 Å². The highest BCUT2D eigenvalue weighted by molar-refractivity contribution is 6.35. The summed E-state index contributed by atoms with van der Waals surface area (Å²) in [6.45, 7) is 0. The fourth-order valence-electron chi connectivity index (χ4n) is 2.86. The zero-order chi connectivity index (χ0) is 20.6. The summed E-state index contributed by atoms with van der Waals surface area (Å²) in [4.78, 5) is 8.11. The maximum Gasteiger partial charge on any atom is 0.416 e. The average molecular weight is 435 g/mol. The Morgan fingerprint density at radius 2 is 1.55 bits per heavy atom. The van der Waals surface area contributed by atoms with Crippen molar-refractivity contribution in [1.29, 1.82) is 0 Å². The minimum absolute atomic E-state index is 0.0361. The molecule has 4 rings (SSSR count). The van der Waals surface area contributed by atoms with Gasteiger partial charge in [-0.05, 0) is 59.6 Å². The molecule has 0 aliphatic heterocycles. The Kier molecular flexibility index (Phi) is 5.06. The Morgan fingerprint density at radius 3 is 2.28 bits per heavy atom. The van der Waals surface area contributed by atoms with Crippen LogP contribution in [0.4, 0.5) is 13.2 Å². The van der Waals surface area contributed by atoms with Crippen molar-refractivity contribution >= 4 is 34.1 Å². The molecule has 0 spiro atoms. The zero-order valence-corrected chi connectivity index (χ0v) is 16.1. The van der Waals surface area contributed by atoms with Gasteiger partial charge in [-0.2, -0.15) is 13.2 Å². The molecule has 0 atom stereocenters. The second-order valence-electron chi connectivity index (χ2n) is 6.14. The third-order valence-electron chi connectivity index (χ3n) is 4.23. The highest BCUT2D eigenvalue weighted by Crippen LogP contribution is 2.36. The summed E-state index contributed by atoms with van der Waals surface area (Å²) in [5.74, 6) is 0.775. The van der Waals surface area contributed by atoms with Gasteiger partial charge in [-0.25, -0.2) is 9.97 Å². The van der Waals surface area contributed by atoms with Crippen molar-refractivity contribution in [3.8, 4) is 22.6 Å². The first-order chi connectivity index (χ1) is 13.8. The summed E-state index contributed by atoms with van der Waals surface area (Å²) in [5.41, 5.74) is 1.35. The summed E-state index contributed by atoms with van der Waals surface area (Å²) >= 11 is 12.0. The minimum Gasteiger partial charge on any atom is -0.457 e. The van der Waals surface area contributed by atoms with Crippen LogP contribution in [0, 0.1) is 0 Å². The van der Waals surface area contributed by atoms with Gasteiger partial charge in [-0.1, -0.05) is 35.9 Å². The monoisotopic (exact) mass is 434 g/mol. The number of benzene rings is 3. The molecule has 8 heteroatoms. The molecular weight excluding hydrogens is 424 g/mol. The minimum atomic E-state index is -4.40. The van der Waals surface area contributed by atoms with Crippen molar-refractivity contribution in [2.45, 2.75) is 6.18 Å². The fourth-order valence-corrected chi connectivity index (χ4v) is 3.32. The second kappa shape index (κ2) is 7.54. The lowest BCUT2D eigenvalue weighted by molar-refractivity contribution is -0.137. The smallest absolute Gasteiger partial charge is 0.416 e. The Balaban J connectivity index is 1.71. The molecule has 0 aliphatic carbocycles. The van der Waals surface area contributed by atoms with Crippen LogP contribution in [0.2, 0.25) is 10.4 Å². The van der Waals surface area contributed by atoms with Crippen LogP contribution in [-0.2, 0) is 6.18 Å². The SMILES string of the molecule is FC(F)(F)c1ccc(Oc2ccccc2-c2ccc3c(Cl)nc(Cl)nc3c2)cc1. The quantitative estimate of drug-likeness (QED) is 0.248. The Labute approximate surface area is 173 Å². The number of ether oxygens (including phenoxy) is 1. The molecule has 0 bridgehead atoms. The molecule has 1 heterocycles. The summed E-state index contributed by atoms with van der Waals surface area (Å²) in [6.07, 6.45) is -4.40. The number of aromatic nitrogens is 2. The van der Waals surface area contributed by atoms with Crippen molar-refractivity contribution < 1.29 is 17.9 Å². The van der Waals surface area contributed by atoms with E-state index >= 15 is 0 Å². The number of alkyl halides is 3. The highest BCUT2D eigenvalue weighted by Gasteiger charge is 2.30. The first kappa shape index (κ1) is 19.5. The van der Waals surface area contributed by atoms with Crippen molar-refractivity contribution in [1.82, 2.24) is 9.97 Å². The van der Waals surface area contributed by atoms with Crippen LogP contribution in [0.1, 0.15) is 5.56 Å². The molecule has 0 saturated heterocycles. The van der Waals surface area contributed by atoms with E-state index in [2.05, 4.69) is 9.97 Å². The Bertz CT molecular complexity index is 1190. The molecule has 0 radical (unpaired) electrons. The standard InChI is InChI=1S/C21H11Cl2F3N2O/c22-19-16-10-5-12(11-17(16)27-20(23)28-19)15-3-1-2-4-18(15)29-14-8-6-13(7-9-14)21(24,25)26/h1-11H. The first-order valence-corrected chi connectivity index (χ1v) is 9.14. The van der Waals surface area contributed by atoms with Gasteiger partial charge in [-0.15, -0.1) is 0 Å². The molecule has 146 valence electrons. The van der Waals surface area contributed by atoms with Gasteiger partial charge in [-0.3, -0.25) is 0 Å².